The van der Waals surface area contributed by atoms with E-state index in [-0.39, 0.29) is 11.2 Å². The molecule has 1 atom stereocenters. The minimum absolute atomic E-state index is 0.0381. The van der Waals surface area contributed by atoms with Gasteiger partial charge < -0.3 is 5.32 Å². The second-order valence-electron chi connectivity index (χ2n) is 4.72. The number of amides is 1. The average molecular weight is 285 g/mol. The van der Waals surface area contributed by atoms with Gasteiger partial charge in [-0.15, -0.1) is 0 Å². The highest BCUT2D eigenvalue weighted by molar-refractivity contribution is 8.00. The van der Waals surface area contributed by atoms with Crippen LogP contribution in [0.3, 0.4) is 0 Å². The summed E-state index contributed by atoms with van der Waals surface area (Å²) in [7, 11) is 0. The SMILES string of the molecule is O=C(NC1CC1)[C@@H](Sc1ncccn1)c1ccccc1. The van der Waals surface area contributed by atoms with Gasteiger partial charge in [-0.2, -0.15) is 0 Å². The van der Waals surface area contributed by atoms with E-state index in [1.54, 1.807) is 18.5 Å². The summed E-state index contributed by atoms with van der Waals surface area (Å²) >= 11 is 1.39. The van der Waals surface area contributed by atoms with Crippen LogP contribution in [0.4, 0.5) is 0 Å². The van der Waals surface area contributed by atoms with Gasteiger partial charge in [-0.1, -0.05) is 42.1 Å². The number of hydrogen-bond donors (Lipinski definition) is 1. The molecule has 2 aromatic rings. The number of hydrogen-bond acceptors (Lipinski definition) is 4. The first kappa shape index (κ1) is 13.1. The smallest absolute Gasteiger partial charge is 0.238 e. The van der Waals surface area contributed by atoms with Crippen LogP contribution in [0, 0.1) is 0 Å². The summed E-state index contributed by atoms with van der Waals surface area (Å²) in [6.45, 7) is 0. The van der Waals surface area contributed by atoms with Gasteiger partial charge in [0.2, 0.25) is 5.91 Å². The van der Waals surface area contributed by atoms with Gasteiger partial charge in [0.25, 0.3) is 0 Å². The Labute approximate surface area is 122 Å². The van der Waals surface area contributed by atoms with Gasteiger partial charge in [0.05, 0.1) is 0 Å². The summed E-state index contributed by atoms with van der Waals surface area (Å²) in [5.74, 6) is 0.0381. The summed E-state index contributed by atoms with van der Waals surface area (Å²) in [6.07, 6.45) is 5.55. The lowest BCUT2D eigenvalue weighted by atomic mass is 10.1. The van der Waals surface area contributed by atoms with Crippen LogP contribution >= 0.6 is 11.8 Å². The molecule has 1 aromatic carbocycles. The van der Waals surface area contributed by atoms with E-state index in [9.17, 15) is 4.79 Å². The van der Waals surface area contributed by atoms with Crippen molar-refractivity contribution in [1.82, 2.24) is 15.3 Å². The summed E-state index contributed by atoms with van der Waals surface area (Å²) in [6, 6.07) is 11.9. The standard InChI is InChI=1S/C15H15N3OS/c19-14(18-12-7-8-12)13(11-5-2-1-3-6-11)20-15-16-9-4-10-17-15/h1-6,9-10,12-13H,7-8H2,(H,18,19)/t13-/m0/s1. The number of nitrogens with one attached hydrogen (secondary N) is 1. The first-order valence-electron chi connectivity index (χ1n) is 6.62. The van der Waals surface area contributed by atoms with E-state index < -0.39 is 0 Å². The molecular weight excluding hydrogens is 270 g/mol. The molecule has 102 valence electrons. The summed E-state index contributed by atoms with van der Waals surface area (Å²) < 4.78 is 0. The van der Waals surface area contributed by atoms with Gasteiger partial charge in [0.15, 0.2) is 5.16 Å². The fraction of sp³-hybridized carbons (Fsp3) is 0.267. The molecule has 0 aliphatic heterocycles. The van der Waals surface area contributed by atoms with Crippen LogP contribution in [0.25, 0.3) is 0 Å². The number of aromatic nitrogens is 2. The third-order valence-electron chi connectivity index (χ3n) is 3.03. The molecule has 0 saturated heterocycles. The van der Waals surface area contributed by atoms with Crippen molar-refractivity contribution >= 4 is 17.7 Å². The van der Waals surface area contributed by atoms with E-state index in [1.165, 1.54) is 11.8 Å². The van der Waals surface area contributed by atoms with Crippen LogP contribution in [0.1, 0.15) is 23.7 Å². The Morgan fingerprint density at radius 3 is 2.50 bits per heavy atom. The lowest BCUT2D eigenvalue weighted by molar-refractivity contribution is -0.120. The lowest BCUT2D eigenvalue weighted by Crippen LogP contribution is -2.29. The molecule has 1 saturated carbocycles. The molecule has 0 bridgehead atoms. The van der Waals surface area contributed by atoms with Crippen LogP contribution in [0.2, 0.25) is 0 Å². The minimum atomic E-state index is -0.306. The Morgan fingerprint density at radius 2 is 1.85 bits per heavy atom. The van der Waals surface area contributed by atoms with Gasteiger partial charge in [-0.05, 0) is 24.5 Å². The van der Waals surface area contributed by atoms with Crippen molar-refractivity contribution in [1.29, 1.82) is 0 Å². The van der Waals surface area contributed by atoms with Gasteiger partial charge in [0, 0.05) is 18.4 Å². The van der Waals surface area contributed by atoms with Crippen molar-refractivity contribution in [2.24, 2.45) is 0 Å². The molecule has 3 rings (SSSR count). The van der Waals surface area contributed by atoms with Crippen LogP contribution in [-0.4, -0.2) is 21.9 Å². The molecule has 0 spiro atoms. The average Bonchev–Trinajstić information content (AvgIpc) is 3.30. The topological polar surface area (TPSA) is 54.9 Å². The van der Waals surface area contributed by atoms with Crippen molar-refractivity contribution in [3.8, 4) is 0 Å². The van der Waals surface area contributed by atoms with E-state index in [4.69, 9.17) is 0 Å². The highest BCUT2D eigenvalue weighted by Gasteiger charge is 2.29. The van der Waals surface area contributed by atoms with E-state index in [0.717, 1.165) is 18.4 Å². The molecule has 1 aliphatic carbocycles. The molecule has 1 heterocycles. The molecule has 1 amide bonds. The van der Waals surface area contributed by atoms with Gasteiger partial charge in [-0.25, -0.2) is 9.97 Å². The van der Waals surface area contributed by atoms with Gasteiger partial charge >= 0.3 is 0 Å². The predicted octanol–water partition coefficient (Wildman–Crippen LogP) is 2.59. The second-order valence-corrected chi connectivity index (χ2v) is 5.80. The molecular formula is C15H15N3OS. The van der Waals surface area contributed by atoms with Gasteiger partial charge in [-0.3, -0.25) is 4.79 Å². The van der Waals surface area contributed by atoms with Crippen molar-refractivity contribution in [2.75, 3.05) is 0 Å². The van der Waals surface area contributed by atoms with Crippen LogP contribution in [0.15, 0.2) is 53.9 Å². The highest BCUT2D eigenvalue weighted by Crippen LogP contribution is 2.34. The zero-order valence-corrected chi connectivity index (χ0v) is 11.7. The van der Waals surface area contributed by atoms with E-state index >= 15 is 0 Å². The summed E-state index contributed by atoms with van der Waals surface area (Å²) in [5, 5.41) is 3.37. The first-order chi connectivity index (χ1) is 9.83. The molecule has 0 radical (unpaired) electrons. The lowest BCUT2D eigenvalue weighted by Gasteiger charge is -2.15. The summed E-state index contributed by atoms with van der Waals surface area (Å²) in [4.78, 5) is 20.8. The van der Waals surface area contributed by atoms with E-state index in [0.29, 0.717) is 11.2 Å². The first-order valence-corrected chi connectivity index (χ1v) is 7.50. The van der Waals surface area contributed by atoms with E-state index in [2.05, 4.69) is 15.3 Å². The quantitative estimate of drug-likeness (QED) is 0.677. The minimum Gasteiger partial charge on any atom is -0.352 e. The maximum Gasteiger partial charge on any atom is 0.238 e. The largest absolute Gasteiger partial charge is 0.352 e. The number of benzene rings is 1. The highest BCUT2D eigenvalue weighted by atomic mass is 32.2. The molecule has 5 heteroatoms. The predicted molar refractivity (Wildman–Crippen MR) is 78.2 cm³/mol. The molecule has 1 aromatic heterocycles. The summed E-state index contributed by atoms with van der Waals surface area (Å²) in [5.41, 5.74) is 0.975. The third kappa shape index (κ3) is 3.36. The maximum absolute atomic E-state index is 12.4. The Bertz CT molecular complexity index is 572. The van der Waals surface area contributed by atoms with Gasteiger partial charge in [0.1, 0.15) is 5.25 Å². The second kappa shape index (κ2) is 6.05. The number of carbonyl (C=O) groups is 1. The Hall–Kier alpha value is -1.88. The number of rotatable bonds is 5. The fourth-order valence-electron chi connectivity index (χ4n) is 1.86. The maximum atomic E-state index is 12.4. The molecule has 4 nitrogen and oxygen atoms in total. The van der Waals surface area contributed by atoms with Crippen molar-refractivity contribution in [3.63, 3.8) is 0 Å². The van der Waals surface area contributed by atoms with Crippen molar-refractivity contribution in [2.45, 2.75) is 29.3 Å². The molecule has 1 aliphatic rings. The molecule has 1 fully saturated rings. The van der Waals surface area contributed by atoms with E-state index in [1.807, 2.05) is 30.3 Å². The van der Waals surface area contributed by atoms with Crippen LogP contribution in [-0.2, 0) is 4.79 Å². The van der Waals surface area contributed by atoms with Crippen molar-refractivity contribution < 1.29 is 4.79 Å². The fourth-order valence-corrected chi connectivity index (χ4v) is 2.78. The van der Waals surface area contributed by atoms with Crippen LogP contribution < -0.4 is 5.32 Å². The monoisotopic (exact) mass is 285 g/mol. The molecule has 0 unspecified atom stereocenters. The number of thioether (sulfide) groups is 1. The van der Waals surface area contributed by atoms with Crippen molar-refractivity contribution in [3.05, 3.63) is 54.4 Å². The third-order valence-corrected chi connectivity index (χ3v) is 4.17. The zero-order chi connectivity index (χ0) is 13.8. The Morgan fingerprint density at radius 1 is 1.15 bits per heavy atom. The molecule has 1 N–H and O–H groups in total. The normalized spacial score (nSPS) is 15.6. The molecule has 20 heavy (non-hydrogen) atoms. The Kier molecular flexibility index (Phi) is 3.97. The Balaban J connectivity index is 1.81. The zero-order valence-electron chi connectivity index (χ0n) is 10.9. The number of carbonyl (C=O) groups excluding carboxylic acids is 1. The number of nitrogens with zero attached hydrogens (tertiary/aromatic N) is 2. The van der Waals surface area contributed by atoms with Crippen LogP contribution in [0.5, 0.6) is 0 Å².